The van der Waals surface area contributed by atoms with Gasteiger partial charge in [0.05, 0.1) is 6.04 Å². The van der Waals surface area contributed by atoms with Crippen LogP contribution < -0.4 is 5.32 Å². The van der Waals surface area contributed by atoms with Gasteiger partial charge in [-0.25, -0.2) is 4.39 Å². The fourth-order valence-corrected chi connectivity index (χ4v) is 3.95. The van der Waals surface area contributed by atoms with Crippen LogP contribution in [0.3, 0.4) is 0 Å². The summed E-state index contributed by atoms with van der Waals surface area (Å²) in [6, 6.07) is 5.36. The van der Waals surface area contributed by atoms with Gasteiger partial charge in [0.1, 0.15) is 12.4 Å². The Bertz CT molecular complexity index is 777. The van der Waals surface area contributed by atoms with Crippen LogP contribution in [0.4, 0.5) is 4.39 Å². The number of nitrogens with one attached hydrogen (secondary N) is 1. The van der Waals surface area contributed by atoms with Gasteiger partial charge in [0, 0.05) is 37.7 Å². The summed E-state index contributed by atoms with van der Waals surface area (Å²) in [5.41, 5.74) is 0.257. The zero-order chi connectivity index (χ0) is 21.1. The smallest absolute Gasteiger partial charge is 0.254 e. The van der Waals surface area contributed by atoms with Crippen LogP contribution in [0.5, 0.6) is 0 Å². The highest BCUT2D eigenvalue weighted by atomic mass is 19.1. The minimum atomic E-state index is -0.976. The number of hydrogen-bond acceptors (Lipinski definition) is 4. The molecule has 2 fully saturated rings. The van der Waals surface area contributed by atoms with Gasteiger partial charge in [0.2, 0.25) is 11.8 Å². The van der Waals surface area contributed by atoms with E-state index in [4.69, 9.17) is 4.74 Å². The SMILES string of the molecule is CC(C)NC(=O)C1CCN(C(=O)C2OCC(=O)N(C)C2c2ccccc2F)CC1. The lowest BCUT2D eigenvalue weighted by Gasteiger charge is -2.41. The van der Waals surface area contributed by atoms with Crippen molar-refractivity contribution in [3.63, 3.8) is 0 Å². The highest BCUT2D eigenvalue weighted by Crippen LogP contribution is 2.32. The topological polar surface area (TPSA) is 79.0 Å². The van der Waals surface area contributed by atoms with Crippen molar-refractivity contribution < 1.29 is 23.5 Å². The zero-order valence-corrected chi connectivity index (χ0v) is 17.1. The molecule has 7 nitrogen and oxygen atoms in total. The van der Waals surface area contributed by atoms with E-state index >= 15 is 0 Å². The maximum atomic E-state index is 14.4. The van der Waals surface area contributed by atoms with Crippen molar-refractivity contribution in [2.45, 2.75) is 44.9 Å². The number of halogens is 1. The number of rotatable bonds is 4. The Kier molecular flexibility index (Phi) is 6.52. The summed E-state index contributed by atoms with van der Waals surface area (Å²) >= 11 is 0. The van der Waals surface area contributed by atoms with Crippen LogP contribution in [-0.4, -0.2) is 66.4 Å². The normalized spacial score (nSPS) is 23.4. The van der Waals surface area contributed by atoms with Gasteiger partial charge in [-0.05, 0) is 32.8 Å². The van der Waals surface area contributed by atoms with Crippen molar-refractivity contribution in [3.8, 4) is 0 Å². The molecule has 2 atom stereocenters. The fraction of sp³-hybridized carbons (Fsp3) is 0.571. The van der Waals surface area contributed by atoms with E-state index in [9.17, 15) is 18.8 Å². The van der Waals surface area contributed by atoms with Gasteiger partial charge in [0.25, 0.3) is 5.91 Å². The van der Waals surface area contributed by atoms with Gasteiger partial charge in [0.15, 0.2) is 6.10 Å². The molecule has 2 aliphatic rings. The maximum absolute atomic E-state index is 14.4. The van der Waals surface area contributed by atoms with E-state index in [1.54, 1.807) is 30.1 Å². The second-order valence-corrected chi connectivity index (χ2v) is 7.97. The first-order chi connectivity index (χ1) is 13.8. The van der Waals surface area contributed by atoms with Gasteiger partial charge in [-0.3, -0.25) is 14.4 Å². The number of nitrogens with zero attached hydrogens (tertiary/aromatic N) is 2. The summed E-state index contributed by atoms with van der Waals surface area (Å²) in [6.45, 7) is 4.47. The molecule has 0 saturated carbocycles. The standard InChI is InChI=1S/C21H28FN3O4/c1-13(2)23-20(27)14-8-10-25(11-9-14)21(28)19-18(24(3)17(26)12-29-19)15-6-4-5-7-16(15)22/h4-7,13-14,18-19H,8-12H2,1-3H3,(H,23,27). The van der Waals surface area contributed by atoms with Crippen LogP contribution in [-0.2, 0) is 19.1 Å². The van der Waals surface area contributed by atoms with E-state index in [0.717, 1.165) is 0 Å². The molecule has 2 saturated heterocycles. The molecular formula is C21H28FN3O4. The van der Waals surface area contributed by atoms with E-state index in [2.05, 4.69) is 5.32 Å². The molecule has 0 bridgehead atoms. The number of ether oxygens (including phenoxy) is 1. The highest BCUT2D eigenvalue weighted by Gasteiger charge is 2.43. The van der Waals surface area contributed by atoms with E-state index < -0.39 is 18.0 Å². The van der Waals surface area contributed by atoms with Crippen molar-refractivity contribution in [2.75, 3.05) is 26.7 Å². The van der Waals surface area contributed by atoms with Gasteiger partial charge < -0.3 is 19.9 Å². The molecule has 0 aliphatic carbocycles. The van der Waals surface area contributed by atoms with Crippen molar-refractivity contribution in [1.82, 2.24) is 15.1 Å². The number of piperidine rings is 1. The van der Waals surface area contributed by atoms with Crippen LogP contribution in [0.1, 0.15) is 38.3 Å². The molecule has 3 rings (SSSR count). The molecule has 29 heavy (non-hydrogen) atoms. The molecular weight excluding hydrogens is 377 g/mol. The Morgan fingerprint density at radius 1 is 1.21 bits per heavy atom. The molecule has 158 valence electrons. The molecule has 8 heteroatoms. The average Bonchev–Trinajstić information content (AvgIpc) is 2.70. The Hall–Kier alpha value is -2.48. The molecule has 3 amide bonds. The fourth-order valence-electron chi connectivity index (χ4n) is 3.95. The molecule has 0 spiro atoms. The monoisotopic (exact) mass is 405 g/mol. The number of likely N-dealkylation sites (tertiary alicyclic amines) is 1. The summed E-state index contributed by atoms with van der Waals surface area (Å²) in [5.74, 6) is -1.17. The maximum Gasteiger partial charge on any atom is 0.254 e. The van der Waals surface area contributed by atoms with Crippen molar-refractivity contribution in [3.05, 3.63) is 35.6 Å². The first kappa shape index (κ1) is 21.2. The number of carbonyl (C=O) groups is 3. The lowest BCUT2D eigenvalue weighted by Crippen LogP contribution is -2.55. The lowest BCUT2D eigenvalue weighted by molar-refractivity contribution is -0.168. The zero-order valence-electron chi connectivity index (χ0n) is 17.1. The van der Waals surface area contributed by atoms with Gasteiger partial charge >= 0.3 is 0 Å². The number of amides is 3. The molecule has 1 aromatic rings. The summed E-state index contributed by atoms with van der Waals surface area (Å²) < 4.78 is 20.0. The van der Waals surface area contributed by atoms with Crippen molar-refractivity contribution >= 4 is 17.7 Å². The van der Waals surface area contributed by atoms with Gasteiger partial charge in [-0.2, -0.15) is 0 Å². The average molecular weight is 405 g/mol. The van der Waals surface area contributed by atoms with E-state index in [1.807, 2.05) is 13.8 Å². The minimum Gasteiger partial charge on any atom is -0.356 e. The second-order valence-electron chi connectivity index (χ2n) is 7.97. The number of morpholine rings is 1. The molecule has 2 unspecified atom stereocenters. The summed E-state index contributed by atoms with van der Waals surface area (Å²) in [7, 11) is 1.56. The molecule has 0 radical (unpaired) electrons. The first-order valence-electron chi connectivity index (χ1n) is 10.0. The van der Waals surface area contributed by atoms with Crippen LogP contribution in [0.15, 0.2) is 24.3 Å². The van der Waals surface area contributed by atoms with Crippen LogP contribution in [0.2, 0.25) is 0 Å². The Labute approximate surface area is 170 Å². The minimum absolute atomic E-state index is 0.00979. The quantitative estimate of drug-likeness (QED) is 0.823. The highest BCUT2D eigenvalue weighted by molar-refractivity contribution is 5.87. The van der Waals surface area contributed by atoms with E-state index in [0.29, 0.717) is 25.9 Å². The Morgan fingerprint density at radius 3 is 2.48 bits per heavy atom. The number of hydrogen-bond donors (Lipinski definition) is 1. The number of likely N-dealkylation sites (N-methyl/N-ethyl adjacent to an activating group) is 1. The molecule has 1 aromatic carbocycles. The summed E-state index contributed by atoms with van der Waals surface area (Å²) in [5, 5.41) is 2.91. The molecule has 0 aromatic heterocycles. The van der Waals surface area contributed by atoms with Crippen LogP contribution >= 0.6 is 0 Å². The van der Waals surface area contributed by atoms with Crippen LogP contribution in [0, 0.1) is 11.7 Å². The Balaban J connectivity index is 1.73. The van der Waals surface area contributed by atoms with Crippen LogP contribution in [0.25, 0.3) is 0 Å². The van der Waals surface area contributed by atoms with E-state index in [-0.39, 0.29) is 41.9 Å². The third-order valence-corrected chi connectivity index (χ3v) is 5.56. The molecule has 2 aliphatic heterocycles. The largest absolute Gasteiger partial charge is 0.356 e. The first-order valence-corrected chi connectivity index (χ1v) is 10.0. The third-order valence-electron chi connectivity index (χ3n) is 5.56. The summed E-state index contributed by atoms with van der Waals surface area (Å²) in [6.07, 6.45) is 0.155. The number of benzene rings is 1. The second kappa shape index (κ2) is 8.90. The summed E-state index contributed by atoms with van der Waals surface area (Å²) in [4.78, 5) is 40.6. The lowest BCUT2D eigenvalue weighted by atomic mass is 9.93. The van der Waals surface area contributed by atoms with Crippen molar-refractivity contribution in [2.24, 2.45) is 5.92 Å². The van der Waals surface area contributed by atoms with Crippen molar-refractivity contribution in [1.29, 1.82) is 0 Å². The van der Waals surface area contributed by atoms with Gasteiger partial charge in [-0.15, -0.1) is 0 Å². The van der Waals surface area contributed by atoms with Gasteiger partial charge in [-0.1, -0.05) is 18.2 Å². The Morgan fingerprint density at radius 2 is 1.86 bits per heavy atom. The third kappa shape index (κ3) is 4.58. The van der Waals surface area contributed by atoms with E-state index in [1.165, 1.54) is 11.0 Å². The molecule has 1 N–H and O–H groups in total. The predicted octanol–water partition coefficient (Wildman–Crippen LogP) is 1.49. The predicted molar refractivity (Wildman–Crippen MR) is 104 cm³/mol. The molecule has 2 heterocycles. The number of carbonyl (C=O) groups excluding carboxylic acids is 3.